The van der Waals surface area contributed by atoms with Crippen LogP contribution in [0.15, 0.2) is 60.7 Å². The highest BCUT2D eigenvalue weighted by atomic mass is 16.1. The second-order valence-electron chi connectivity index (χ2n) is 6.42. The van der Waals surface area contributed by atoms with Crippen molar-refractivity contribution in [2.45, 2.75) is 20.4 Å². The molecule has 2 N–H and O–H groups in total. The number of carbonyl (C=O) groups excluding carboxylic acids is 1. The molecule has 6 heteroatoms. The Hall–Kier alpha value is -3.41. The van der Waals surface area contributed by atoms with Crippen LogP contribution < -0.4 is 15.5 Å². The van der Waals surface area contributed by atoms with Crippen molar-refractivity contribution in [2.24, 2.45) is 0 Å². The first-order valence-electron chi connectivity index (χ1n) is 8.75. The van der Waals surface area contributed by atoms with Crippen LogP contribution in [0.2, 0.25) is 0 Å². The minimum atomic E-state index is -0.0937. The summed E-state index contributed by atoms with van der Waals surface area (Å²) in [4.78, 5) is 22.3. The maximum Gasteiger partial charge on any atom is 0.229 e. The Labute approximate surface area is 159 Å². The normalized spacial score (nSPS) is 10.3. The van der Waals surface area contributed by atoms with Crippen molar-refractivity contribution < 1.29 is 4.79 Å². The molecule has 0 fully saturated rings. The lowest BCUT2D eigenvalue weighted by molar-refractivity contribution is -0.114. The Bertz CT molecular complexity index is 910. The molecule has 2 aromatic carbocycles. The third-order valence-corrected chi connectivity index (χ3v) is 3.96. The van der Waals surface area contributed by atoms with E-state index in [4.69, 9.17) is 0 Å². The number of hydrogen-bond donors (Lipinski definition) is 2. The number of nitrogens with one attached hydrogen (secondary N) is 2. The van der Waals surface area contributed by atoms with Gasteiger partial charge in [-0.25, -0.2) is 4.98 Å². The summed E-state index contributed by atoms with van der Waals surface area (Å²) in [5, 5.41) is 5.97. The zero-order chi connectivity index (χ0) is 19.2. The fraction of sp³-hybridized carbons (Fsp3) is 0.190. The van der Waals surface area contributed by atoms with E-state index in [1.165, 1.54) is 12.5 Å². The third-order valence-electron chi connectivity index (χ3n) is 3.96. The van der Waals surface area contributed by atoms with Crippen LogP contribution in [0.5, 0.6) is 0 Å². The standard InChI is InChI=1S/C21H23N5O/c1-15-13-20(26(3)14-17-7-5-4-6-8-17)25-21(22-15)24-19-11-9-18(10-12-19)23-16(2)27/h4-13H,14H2,1-3H3,(H,23,27)(H,22,24,25). The van der Waals surface area contributed by atoms with E-state index in [-0.39, 0.29) is 5.91 Å². The van der Waals surface area contributed by atoms with Crippen LogP contribution in [0.1, 0.15) is 18.2 Å². The van der Waals surface area contributed by atoms with E-state index < -0.39 is 0 Å². The second-order valence-corrected chi connectivity index (χ2v) is 6.42. The minimum absolute atomic E-state index is 0.0937. The van der Waals surface area contributed by atoms with Crippen molar-refractivity contribution in [1.82, 2.24) is 9.97 Å². The van der Waals surface area contributed by atoms with Crippen molar-refractivity contribution >= 4 is 29.0 Å². The quantitative estimate of drug-likeness (QED) is 0.691. The topological polar surface area (TPSA) is 70.2 Å². The van der Waals surface area contributed by atoms with Crippen molar-refractivity contribution in [3.05, 3.63) is 71.9 Å². The number of aromatic nitrogens is 2. The van der Waals surface area contributed by atoms with Gasteiger partial charge in [0.1, 0.15) is 5.82 Å². The van der Waals surface area contributed by atoms with E-state index in [0.29, 0.717) is 5.95 Å². The number of benzene rings is 2. The molecule has 1 heterocycles. The Kier molecular flexibility index (Phi) is 5.66. The summed E-state index contributed by atoms with van der Waals surface area (Å²) in [7, 11) is 2.01. The smallest absolute Gasteiger partial charge is 0.229 e. The number of nitrogens with zero attached hydrogens (tertiary/aromatic N) is 3. The molecule has 1 amide bonds. The lowest BCUT2D eigenvalue weighted by Crippen LogP contribution is -2.18. The maximum atomic E-state index is 11.1. The number of hydrogen-bond acceptors (Lipinski definition) is 5. The monoisotopic (exact) mass is 361 g/mol. The average Bonchev–Trinajstić information content (AvgIpc) is 2.63. The van der Waals surface area contributed by atoms with Crippen molar-refractivity contribution in [1.29, 1.82) is 0 Å². The highest BCUT2D eigenvalue weighted by molar-refractivity contribution is 5.88. The minimum Gasteiger partial charge on any atom is -0.355 e. The first kappa shape index (κ1) is 18.4. The summed E-state index contributed by atoms with van der Waals surface area (Å²) in [6.07, 6.45) is 0. The van der Waals surface area contributed by atoms with Gasteiger partial charge in [0.15, 0.2) is 0 Å². The molecule has 0 aliphatic rings. The summed E-state index contributed by atoms with van der Waals surface area (Å²) in [5.74, 6) is 1.30. The zero-order valence-corrected chi connectivity index (χ0v) is 15.7. The molecule has 6 nitrogen and oxygen atoms in total. The van der Waals surface area contributed by atoms with Gasteiger partial charge in [0.05, 0.1) is 0 Å². The third kappa shape index (κ3) is 5.28. The van der Waals surface area contributed by atoms with Crippen LogP contribution in [-0.4, -0.2) is 22.9 Å². The van der Waals surface area contributed by atoms with Gasteiger partial charge in [-0.3, -0.25) is 4.79 Å². The molecule has 1 aromatic heterocycles. The van der Waals surface area contributed by atoms with Crippen LogP contribution in [0, 0.1) is 6.92 Å². The zero-order valence-electron chi connectivity index (χ0n) is 15.7. The summed E-state index contributed by atoms with van der Waals surface area (Å²) >= 11 is 0. The van der Waals surface area contributed by atoms with Crippen LogP contribution in [0.3, 0.4) is 0 Å². The molecule has 0 aliphatic heterocycles. The molecule has 27 heavy (non-hydrogen) atoms. The Morgan fingerprint density at radius 2 is 1.67 bits per heavy atom. The predicted octanol–water partition coefficient (Wildman–Crippen LogP) is 4.12. The Morgan fingerprint density at radius 3 is 2.33 bits per heavy atom. The second kappa shape index (κ2) is 8.31. The summed E-state index contributed by atoms with van der Waals surface area (Å²) in [5.41, 5.74) is 3.71. The summed E-state index contributed by atoms with van der Waals surface area (Å²) in [6, 6.07) is 19.7. The van der Waals surface area contributed by atoms with Gasteiger partial charge in [-0.1, -0.05) is 30.3 Å². The number of aryl methyl sites for hydroxylation is 1. The van der Waals surface area contributed by atoms with E-state index in [2.05, 4.69) is 37.6 Å². The van der Waals surface area contributed by atoms with Gasteiger partial charge in [0, 0.05) is 43.7 Å². The van der Waals surface area contributed by atoms with Gasteiger partial charge >= 0.3 is 0 Å². The molecule has 3 rings (SSSR count). The lowest BCUT2D eigenvalue weighted by Gasteiger charge is -2.19. The lowest BCUT2D eigenvalue weighted by atomic mass is 10.2. The Balaban J connectivity index is 1.74. The molecule has 138 valence electrons. The van der Waals surface area contributed by atoms with Gasteiger partial charge in [-0.2, -0.15) is 4.98 Å². The largest absolute Gasteiger partial charge is 0.355 e. The van der Waals surface area contributed by atoms with Crippen molar-refractivity contribution in [3.63, 3.8) is 0 Å². The molecule has 0 saturated heterocycles. The molecule has 0 bridgehead atoms. The van der Waals surface area contributed by atoms with E-state index in [0.717, 1.165) is 29.4 Å². The fourth-order valence-electron chi connectivity index (χ4n) is 2.71. The number of carbonyl (C=O) groups is 1. The molecule has 0 radical (unpaired) electrons. The van der Waals surface area contributed by atoms with E-state index in [1.807, 2.05) is 62.5 Å². The highest BCUT2D eigenvalue weighted by Crippen LogP contribution is 2.20. The summed E-state index contributed by atoms with van der Waals surface area (Å²) in [6.45, 7) is 4.20. The van der Waals surface area contributed by atoms with Gasteiger partial charge in [-0.05, 0) is 36.8 Å². The Morgan fingerprint density at radius 1 is 1.00 bits per heavy atom. The fourth-order valence-corrected chi connectivity index (χ4v) is 2.71. The van der Waals surface area contributed by atoms with E-state index >= 15 is 0 Å². The van der Waals surface area contributed by atoms with Crippen LogP contribution in [-0.2, 0) is 11.3 Å². The van der Waals surface area contributed by atoms with Gasteiger partial charge in [-0.15, -0.1) is 0 Å². The molecule has 0 spiro atoms. The molecular formula is C21H23N5O. The number of anilines is 4. The van der Waals surface area contributed by atoms with Crippen LogP contribution in [0.4, 0.5) is 23.1 Å². The molecule has 0 aliphatic carbocycles. The maximum absolute atomic E-state index is 11.1. The van der Waals surface area contributed by atoms with Crippen LogP contribution >= 0.6 is 0 Å². The van der Waals surface area contributed by atoms with Gasteiger partial charge < -0.3 is 15.5 Å². The summed E-state index contributed by atoms with van der Waals surface area (Å²) < 4.78 is 0. The molecular weight excluding hydrogens is 338 g/mol. The molecule has 0 saturated carbocycles. The van der Waals surface area contributed by atoms with Gasteiger partial charge in [0.2, 0.25) is 11.9 Å². The highest BCUT2D eigenvalue weighted by Gasteiger charge is 2.08. The van der Waals surface area contributed by atoms with Gasteiger partial charge in [0.25, 0.3) is 0 Å². The predicted molar refractivity (Wildman–Crippen MR) is 109 cm³/mol. The van der Waals surface area contributed by atoms with E-state index in [9.17, 15) is 4.79 Å². The number of rotatable bonds is 6. The average molecular weight is 361 g/mol. The SMILES string of the molecule is CC(=O)Nc1ccc(Nc2nc(C)cc(N(C)Cc3ccccc3)n2)cc1. The first-order chi connectivity index (χ1) is 13.0. The van der Waals surface area contributed by atoms with Crippen LogP contribution in [0.25, 0.3) is 0 Å². The van der Waals surface area contributed by atoms with Crippen molar-refractivity contribution in [2.75, 3.05) is 22.6 Å². The molecule has 0 atom stereocenters. The van der Waals surface area contributed by atoms with E-state index in [1.54, 1.807) is 0 Å². The molecule has 0 unspecified atom stereocenters. The number of amides is 1. The van der Waals surface area contributed by atoms with Crippen molar-refractivity contribution in [3.8, 4) is 0 Å². The first-order valence-corrected chi connectivity index (χ1v) is 8.75. The molecule has 3 aromatic rings.